The van der Waals surface area contributed by atoms with Crippen LogP contribution in [0.4, 0.5) is 4.79 Å². The lowest BCUT2D eigenvalue weighted by molar-refractivity contribution is 0.189. The van der Waals surface area contributed by atoms with Gasteiger partial charge in [0.2, 0.25) is 5.56 Å². The molecule has 1 aliphatic heterocycles. The standard InChI is InChI=1S/C20H25N3O2/c1-13-6-4-7-14(2)19(13)17-8-5-11-23(17)20(25)22-15(3)16-9-10-21-18(24)12-16/h4,6-7,9-10,12,15,17H,5,8,11H2,1-3H3,(H,21,24)(H,22,25). The smallest absolute Gasteiger partial charge is 0.318 e. The molecule has 0 saturated carbocycles. The lowest BCUT2D eigenvalue weighted by Gasteiger charge is -2.29. The van der Waals surface area contributed by atoms with Crippen LogP contribution in [0.25, 0.3) is 0 Å². The fourth-order valence-electron chi connectivity index (χ4n) is 3.74. The molecule has 25 heavy (non-hydrogen) atoms. The van der Waals surface area contributed by atoms with Gasteiger partial charge in [0.05, 0.1) is 12.1 Å². The number of hydrogen-bond donors (Lipinski definition) is 2. The highest BCUT2D eigenvalue weighted by atomic mass is 16.2. The lowest BCUT2D eigenvalue weighted by Crippen LogP contribution is -2.41. The molecule has 0 bridgehead atoms. The van der Waals surface area contributed by atoms with Crippen molar-refractivity contribution in [3.63, 3.8) is 0 Å². The van der Waals surface area contributed by atoms with Gasteiger partial charge in [-0.3, -0.25) is 4.79 Å². The molecule has 2 amide bonds. The van der Waals surface area contributed by atoms with E-state index in [-0.39, 0.29) is 23.7 Å². The van der Waals surface area contributed by atoms with E-state index in [0.29, 0.717) is 0 Å². The highest BCUT2D eigenvalue weighted by molar-refractivity contribution is 5.75. The minimum absolute atomic E-state index is 0.0714. The van der Waals surface area contributed by atoms with Crippen molar-refractivity contribution in [2.24, 2.45) is 0 Å². The zero-order valence-corrected chi connectivity index (χ0v) is 15.0. The molecule has 0 radical (unpaired) electrons. The van der Waals surface area contributed by atoms with Crippen molar-refractivity contribution in [2.75, 3.05) is 6.54 Å². The third kappa shape index (κ3) is 3.60. The molecular weight excluding hydrogens is 314 g/mol. The summed E-state index contributed by atoms with van der Waals surface area (Å²) in [4.78, 5) is 28.8. The van der Waals surface area contributed by atoms with Crippen LogP contribution in [-0.2, 0) is 0 Å². The van der Waals surface area contributed by atoms with Crippen LogP contribution in [0.3, 0.4) is 0 Å². The summed E-state index contributed by atoms with van der Waals surface area (Å²) in [5.74, 6) is 0. The maximum Gasteiger partial charge on any atom is 0.318 e. The number of benzene rings is 1. The SMILES string of the molecule is Cc1cccc(C)c1C1CCCN1C(=O)NC(C)c1cc[nH]c(=O)c1. The Balaban J connectivity index is 1.78. The van der Waals surface area contributed by atoms with Crippen molar-refractivity contribution in [1.29, 1.82) is 0 Å². The fraction of sp³-hybridized carbons (Fsp3) is 0.400. The van der Waals surface area contributed by atoms with Gasteiger partial charge in [0, 0.05) is 18.8 Å². The minimum Gasteiger partial charge on any atom is -0.331 e. The second kappa shape index (κ2) is 7.13. The van der Waals surface area contributed by atoms with Gasteiger partial charge >= 0.3 is 6.03 Å². The van der Waals surface area contributed by atoms with Gasteiger partial charge in [0.25, 0.3) is 0 Å². The van der Waals surface area contributed by atoms with Crippen LogP contribution in [0.5, 0.6) is 0 Å². The average molecular weight is 339 g/mol. The summed E-state index contributed by atoms with van der Waals surface area (Å²) in [5.41, 5.74) is 4.37. The van der Waals surface area contributed by atoms with E-state index < -0.39 is 0 Å². The van der Waals surface area contributed by atoms with Crippen LogP contribution in [0.1, 0.15) is 54.1 Å². The first-order valence-corrected chi connectivity index (χ1v) is 8.79. The summed E-state index contributed by atoms with van der Waals surface area (Å²) in [7, 11) is 0. The monoisotopic (exact) mass is 339 g/mol. The van der Waals surface area contributed by atoms with Crippen LogP contribution < -0.4 is 10.9 Å². The van der Waals surface area contributed by atoms with Gasteiger partial charge < -0.3 is 15.2 Å². The lowest BCUT2D eigenvalue weighted by atomic mass is 9.94. The molecule has 2 heterocycles. The Morgan fingerprint density at radius 2 is 2.00 bits per heavy atom. The van der Waals surface area contributed by atoms with E-state index in [2.05, 4.69) is 42.3 Å². The second-order valence-electron chi connectivity index (χ2n) is 6.81. The van der Waals surface area contributed by atoms with Crippen LogP contribution in [0.15, 0.2) is 41.3 Å². The van der Waals surface area contributed by atoms with E-state index in [4.69, 9.17) is 0 Å². The number of aromatic amines is 1. The molecule has 1 saturated heterocycles. The van der Waals surface area contributed by atoms with Crippen LogP contribution >= 0.6 is 0 Å². The number of carbonyl (C=O) groups excluding carboxylic acids is 1. The van der Waals surface area contributed by atoms with Crippen molar-refractivity contribution < 1.29 is 4.79 Å². The minimum atomic E-state index is -0.214. The quantitative estimate of drug-likeness (QED) is 0.897. The fourth-order valence-corrected chi connectivity index (χ4v) is 3.74. The Morgan fingerprint density at radius 3 is 2.68 bits per heavy atom. The largest absolute Gasteiger partial charge is 0.331 e. The third-order valence-corrected chi connectivity index (χ3v) is 5.03. The molecule has 0 aliphatic carbocycles. The number of amides is 2. The summed E-state index contributed by atoms with van der Waals surface area (Å²) in [6, 6.07) is 9.45. The number of urea groups is 1. The maximum atomic E-state index is 12.8. The molecule has 2 N–H and O–H groups in total. The zero-order valence-electron chi connectivity index (χ0n) is 15.0. The van der Waals surface area contributed by atoms with E-state index in [1.807, 2.05) is 17.9 Å². The first-order valence-electron chi connectivity index (χ1n) is 8.79. The molecule has 132 valence electrons. The van der Waals surface area contributed by atoms with Gasteiger partial charge in [-0.15, -0.1) is 0 Å². The number of aromatic nitrogens is 1. The number of hydrogen-bond acceptors (Lipinski definition) is 2. The number of likely N-dealkylation sites (tertiary alicyclic amines) is 1. The molecule has 5 nitrogen and oxygen atoms in total. The number of carbonyl (C=O) groups is 1. The number of nitrogens with zero attached hydrogens (tertiary/aromatic N) is 1. The first kappa shape index (κ1) is 17.3. The van der Waals surface area contributed by atoms with Crippen molar-refractivity contribution >= 4 is 6.03 Å². The third-order valence-electron chi connectivity index (χ3n) is 5.03. The number of rotatable bonds is 3. The maximum absolute atomic E-state index is 12.8. The van der Waals surface area contributed by atoms with E-state index in [1.165, 1.54) is 22.8 Å². The normalized spacial score (nSPS) is 18.2. The van der Waals surface area contributed by atoms with Gasteiger partial charge in [-0.05, 0) is 61.9 Å². The predicted octanol–water partition coefficient (Wildman–Crippen LogP) is 3.60. The van der Waals surface area contributed by atoms with Crippen molar-refractivity contribution in [3.8, 4) is 0 Å². The number of nitrogens with one attached hydrogen (secondary N) is 2. The molecular formula is C20H25N3O2. The Labute approximate surface area is 148 Å². The summed E-state index contributed by atoms with van der Waals surface area (Å²) in [6.45, 7) is 6.87. The van der Waals surface area contributed by atoms with Gasteiger partial charge in [-0.25, -0.2) is 4.79 Å². The zero-order chi connectivity index (χ0) is 18.0. The van der Waals surface area contributed by atoms with Gasteiger partial charge in [-0.2, -0.15) is 0 Å². The molecule has 5 heteroatoms. The van der Waals surface area contributed by atoms with E-state index in [0.717, 1.165) is 24.9 Å². The molecule has 2 atom stereocenters. The Morgan fingerprint density at radius 1 is 1.28 bits per heavy atom. The molecule has 1 aliphatic rings. The molecule has 0 spiro atoms. The molecule has 1 aromatic heterocycles. The Hall–Kier alpha value is -2.56. The highest BCUT2D eigenvalue weighted by Gasteiger charge is 2.32. The molecule has 1 fully saturated rings. The number of H-pyrrole nitrogens is 1. The molecule has 1 aromatic carbocycles. The van der Waals surface area contributed by atoms with Crippen molar-refractivity contribution in [1.82, 2.24) is 15.2 Å². The van der Waals surface area contributed by atoms with Crippen molar-refractivity contribution in [2.45, 2.75) is 45.7 Å². The van der Waals surface area contributed by atoms with Crippen LogP contribution in [0.2, 0.25) is 0 Å². The Bertz CT molecular complexity index is 807. The summed E-state index contributed by atoms with van der Waals surface area (Å²) < 4.78 is 0. The summed E-state index contributed by atoms with van der Waals surface area (Å²) in [5, 5.41) is 3.04. The van der Waals surface area contributed by atoms with Crippen molar-refractivity contribution in [3.05, 3.63) is 69.1 Å². The van der Waals surface area contributed by atoms with Gasteiger partial charge in [0.1, 0.15) is 0 Å². The van der Waals surface area contributed by atoms with Crippen LogP contribution in [-0.4, -0.2) is 22.5 Å². The Kier molecular flexibility index (Phi) is 4.93. The van der Waals surface area contributed by atoms with Crippen LogP contribution in [0, 0.1) is 13.8 Å². The average Bonchev–Trinajstić information content (AvgIpc) is 3.04. The molecule has 2 aromatic rings. The number of aryl methyl sites for hydroxylation is 2. The summed E-state index contributed by atoms with van der Waals surface area (Å²) in [6.07, 6.45) is 3.60. The predicted molar refractivity (Wildman–Crippen MR) is 98.6 cm³/mol. The highest BCUT2D eigenvalue weighted by Crippen LogP contribution is 2.35. The topological polar surface area (TPSA) is 65.2 Å². The van der Waals surface area contributed by atoms with Gasteiger partial charge in [0.15, 0.2) is 0 Å². The summed E-state index contributed by atoms with van der Waals surface area (Å²) >= 11 is 0. The molecule has 2 unspecified atom stereocenters. The first-order chi connectivity index (χ1) is 12.0. The second-order valence-corrected chi connectivity index (χ2v) is 6.81. The van der Waals surface area contributed by atoms with Gasteiger partial charge in [-0.1, -0.05) is 18.2 Å². The van der Waals surface area contributed by atoms with E-state index in [1.54, 1.807) is 6.20 Å². The molecule has 3 rings (SSSR count). The number of pyridine rings is 1. The van der Waals surface area contributed by atoms with E-state index >= 15 is 0 Å². The van der Waals surface area contributed by atoms with E-state index in [9.17, 15) is 9.59 Å².